The predicted molar refractivity (Wildman–Crippen MR) is 47.1 cm³/mol. The maximum Gasteiger partial charge on any atom is 0.134 e. The van der Waals surface area contributed by atoms with E-state index in [0.717, 1.165) is 19.6 Å². The number of ether oxygens (including phenoxy) is 1. The SMILES string of the molecule is COC[C@@H]1C[C@H](C(C)=O)CN1C. The third-order valence-corrected chi connectivity index (χ3v) is 2.62. The standard InChI is InChI=1S/C9H17NO2/c1-7(11)8-4-9(6-12-3)10(2)5-8/h8-9H,4-6H2,1-3H3/t8-,9-/m0/s1. The Bertz CT molecular complexity index is 170. The molecule has 0 aliphatic carbocycles. The molecule has 0 bridgehead atoms. The van der Waals surface area contributed by atoms with E-state index >= 15 is 0 Å². The summed E-state index contributed by atoms with van der Waals surface area (Å²) in [4.78, 5) is 13.3. The third-order valence-electron chi connectivity index (χ3n) is 2.62. The Morgan fingerprint density at radius 3 is 2.75 bits per heavy atom. The van der Waals surface area contributed by atoms with Crippen LogP contribution in [0.15, 0.2) is 0 Å². The van der Waals surface area contributed by atoms with Crippen molar-refractivity contribution in [3.05, 3.63) is 0 Å². The highest BCUT2D eigenvalue weighted by Gasteiger charge is 2.31. The van der Waals surface area contributed by atoms with Crippen LogP contribution in [0.3, 0.4) is 0 Å². The van der Waals surface area contributed by atoms with Crippen LogP contribution < -0.4 is 0 Å². The number of nitrogens with zero attached hydrogens (tertiary/aromatic N) is 1. The molecule has 70 valence electrons. The molecule has 0 unspecified atom stereocenters. The van der Waals surface area contributed by atoms with E-state index in [1.165, 1.54) is 0 Å². The second-order valence-electron chi connectivity index (χ2n) is 3.59. The Labute approximate surface area is 73.7 Å². The van der Waals surface area contributed by atoms with E-state index in [0.29, 0.717) is 11.8 Å². The fourth-order valence-corrected chi connectivity index (χ4v) is 1.76. The minimum absolute atomic E-state index is 0.232. The zero-order valence-electron chi connectivity index (χ0n) is 8.04. The first-order valence-corrected chi connectivity index (χ1v) is 4.34. The molecule has 0 N–H and O–H groups in total. The highest BCUT2D eigenvalue weighted by atomic mass is 16.5. The summed E-state index contributed by atoms with van der Waals surface area (Å²) in [6.45, 7) is 3.30. The number of ketones is 1. The van der Waals surface area contributed by atoms with Gasteiger partial charge in [0.1, 0.15) is 5.78 Å². The maximum atomic E-state index is 11.1. The summed E-state index contributed by atoms with van der Waals surface area (Å²) in [6, 6.07) is 0.434. The first-order valence-electron chi connectivity index (χ1n) is 4.34. The molecule has 3 heteroatoms. The molecule has 1 aliphatic rings. The van der Waals surface area contributed by atoms with Crippen LogP contribution in [0.4, 0.5) is 0 Å². The molecule has 0 amide bonds. The summed E-state index contributed by atoms with van der Waals surface area (Å²) in [5, 5.41) is 0. The van der Waals surface area contributed by atoms with Crippen LogP contribution in [-0.4, -0.2) is 44.0 Å². The van der Waals surface area contributed by atoms with Crippen molar-refractivity contribution in [3.63, 3.8) is 0 Å². The van der Waals surface area contributed by atoms with Gasteiger partial charge >= 0.3 is 0 Å². The van der Waals surface area contributed by atoms with Crippen LogP contribution in [0.2, 0.25) is 0 Å². The average Bonchev–Trinajstić information content (AvgIpc) is 2.34. The van der Waals surface area contributed by atoms with Gasteiger partial charge in [-0.15, -0.1) is 0 Å². The quantitative estimate of drug-likeness (QED) is 0.621. The lowest BCUT2D eigenvalue weighted by molar-refractivity contribution is -0.120. The van der Waals surface area contributed by atoms with Gasteiger partial charge in [-0.3, -0.25) is 4.79 Å². The molecule has 0 radical (unpaired) electrons. The number of rotatable bonds is 3. The second-order valence-corrected chi connectivity index (χ2v) is 3.59. The van der Waals surface area contributed by atoms with Crippen LogP contribution in [0.25, 0.3) is 0 Å². The van der Waals surface area contributed by atoms with Crippen LogP contribution in [-0.2, 0) is 9.53 Å². The van der Waals surface area contributed by atoms with E-state index in [1.807, 2.05) is 7.05 Å². The zero-order chi connectivity index (χ0) is 9.14. The molecule has 1 saturated heterocycles. The van der Waals surface area contributed by atoms with Crippen molar-refractivity contribution in [3.8, 4) is 0 Å². The summed E-state index contributed by atoms with van der Waals surface area (Å²) in [7, 11) is 3.75. The Hall–Kier alpha value is -0.410. The molecule has 0 saturated carbocycles. The first-order chi connectivity index (χ1) is 5.65. The van der Waals surface area contributed by atoms with Gasteiger partial charge in [-0.1, -0.05) is 0 Å². The number of likely N-dealkylation sites (tertiary alicyclic amines) is 1. The number of methoxy groups -OCH3 is 1. The average molecular weight is 171 g/mol. The number of hydrogen-bond donors (Lipinski definition) is 0. The Morgan fingerprint density at radius 2 is 2.33 bits per heavy atom. The van der Waals surface area contributed by atoms with Gasteiger partial charge in [0.2, 0.25) is 0 Å². The van der Waals surface area contributed by atoms with E-state index in [1.54, 1.807) is 14.0 Å². The minimum atomic E-state index is 0.232. The summed E-state index contributed by atoms with van der Waals surface area (Å²) in [5.41, 5.74) is 0. The van der Waals surface area contributed by atoms with Crippen LogP contribution in [0.1, 0.15) is 13.3 Å². The van der Waals surface area contributed by atoms with Crippen molar-refractivity contribution in [2.75, 3.05) is 27.3 Å². The van der Waals surface area contributed by atoms with E-state index in [4.69, 9.17) is 4.74 Å². The van der Waals surface area contributed by atoms with Gasteiger partial charge < -0.3 is 9.64 Å². The number of hydrogen-bond acceptors (Lipinski definition) is 3. The Morgan fingerprint density at radius 1 is 1.67 bits per heavy atom. The molecule has 0 aromatic rings. The lowest BCUT2D eigenvalue weighted by Crippen LogP contribution is -2.28. The van der Waals surface area contributed by atoms with E-state index in [-0.39, 0.29) is 5.92 Å². The lowest BCUT2D eigenvalue weighted by Gasteiger charge is -2.17. The number of likely N-dealkylation sites (N-methyl/N-ethyl adjacent to an activating group) is 1. The van der Waals surface area contributed by atoms with Gasteiger partial charge in [-0.2, -0.15) is 0 Å². The molecule has 12 heavy (non-hydrogen) atoms. The fourth-order valence-electron chi connectivity index (χ4n) is 1.76. The monoisotopic (exact) mass is 171 g/mol. The summed E-state index contributed by atoms with van der Waals surface area (Å²) in [5.74, 6) is 0.538. The smallest absolute Gasteiger partial charge is 0.134 e. The molecular formula is C9H17NO2. The maximum absolute atomic E-state index is 11.1. The van der Waals surface area contributed by atoms with E-state index in [2.05, 4.69) is 4.90 Å². The van der Waals surface area contributed by atoms with Crippen molar-refractivity contribution in [2.45, 2.75) is 19.4 Å². The van der Waals surface area contributed by atoms with Crippen molar-refractivity contribution >= 4 is 5.78 Å². The predicted octanol–water partition coefficient (Wildman–Crippen LogP) is 0.542. The number of Topliss-reactive ketones (excluding diaryl/α,β-unsaturated/α-hetero) is 1. The van der Waals surface area contributed by atoms with Gasteiger partial charge in [-0.05, 0) is 20.4 Å². The zero-order valence-corrected chi connectivity index (χ0v) is 8.04. The fraction of sp³-hybridized carbons (Fsp3) is 0.889. The van der Waals surface area contributed by atoms with Gasteiger partial charge in [0.05, 0.1) is 6.61 Å². The van der Waals surface area contributed by atoms with Gasteiger partial charge in [0, 0.05) is 25.6 Å². The molecule has 0 aromatic carbocycles. The third kappa shape index (κ3) is 2.05. The highest BCUT2D eigenvalue weighted by molar-refractivity contribution is 5.78. The molecule has 1 aliphatic heterocycles. The molecule has 1 heterocycles. The topological polar surface area (TPSA) is 29.5 Å². The van der Waals surface area contributed by atoms with E-state index < -0.39 is 0 Å². The highest BCUT2D eigenvalue weighted by Crippen LogP contribution is 2.22. The largest absolute Gasteiger partial charge is 0.383 e. The minimum Gasteiger partial charge on any atom is -0.383 e. The van der Waals surface area contributed by atoms with Crippen molar-refractivity contribution in [1.29, 1.82) is 0 Å². The normalized spacial score (nSPS) is 30.9. The molecular weight excluding hydrogens is 154 g/mol. The number of carbonyl (C=O) groups is 1. The van der Waals surface area contributed by atoms with Crippen LogP contribution in [0.5, 0.6) is 0 Å². The van der Waals surface area contributed by atoms with Crippen molar-refractivity contribution in [2.24, 2.45) is 5.92 Å². The van der Waals surface area contributed by atoms with Crippen LogP contribution in [0, 0.1) is 5.92 Å². The molecule has 0 aromatic heterocycles. The summed E-state index contributed by atoms with van der Waals surface area (Å²) in [6.07, 6.45) is 0.958. The van der Waals surface area contributed by atoms with Gasteiger partial charge in [-0.25, -0.2) is 0 Å². The van der Waals surface area contributed by atoms with Gasteiger partial charge in [0.25, 0.3) is 0 Å². The second kappa shape index (κ2) is 4.01. The molecule has 0 spiro atoms. The Kier molecular flexibility index (Phi) is 3.23. The number of carbonyl (C=O) groups excluding carboxylic acids is 1. The van der Waals surface area contributed by atoms with E-state index in [9.17, 15) is 4.79 Å². The van der Waals surface area contributed by atoms with Crippen molar-refractivity contribution < 1.29 is 9.53 Å². The van der Waals surface area contributed by atoms with Gasteiger partial charge in [0.15, 0.2) is 0 Å². The van der Waals surface area contributed by atoms with Crippen LogP contribution >= 0.6 is 0 Å². The first kappa shape index (κ1) is 9.68. The molecule has 3 nitrogen and oxygen atoms in total. The Balaban J connectivity index is 2.44. The summed E-state index contributed by atoms with van der Waals surface area (Å²) < 4.78 is 5.07. The lowest BCUT2D eigenvalue weighted by atomic mass is 10.0. The molecule has 1 rings (SSSR count). The summed E-state index contributed by atoms with van der Waals surface area (Å²) >= 11 is 0. The molecule has 2 atom stereocenters. The van der Waals surface area contributed by atoms with Crippen molar-refractivity contribution in [1.82, 2.24) is 4.90 Å². The molecule has 1 fully saturated rings.